The first-order valence-corrected chi connectivity index (χ1v) is 12.3. The molecule has 0 radical (unpaired) electrons. The molecule has 2 heterocycles. The van der Waals surface area contributed by atoms with Gasteiger partial charge in [-0.2, -0.15) is 4.98 Å². The molecule has 0 amide bonds. The number of rotatable bonds is 10. The van der Waals surface area contributed by atoms with Gasteiger partial charge in [0, 0.05) is 35.7 Å². The number of ether oxygens (including phenoxy) is 1. The van der Waals surface area contributed by atoms with Gasteiger partial charge in [0.1, 0.15) is 5.75 Å². The first-order chi connectivity index (χ1) is 16.8. The van der Waals surface area contributed by atoms with Crippen LogP contribution < -0.4 is 4.74 Å². The molecule has 0 aliphatic rings. The first-order valence-electron chi connectivity index (χ1n) is 12.0. The highest BCUT2D eigenvalue weighted by Crippen LogP contribution is 2.37. The van der Waals surface area contributed by atoms with Crippen molar-refractivity contribution in [2.75, 3.05) is 0 Å². The van der Waals surface area contributed by atoms with Gasteiger partial charge in [0.15, 0.2) is 0 Å². The minimum Gasteiger partial charge on any atom is -0.489 e. The van der Waals surface area contributed by atoms with E-state index in [4.69, 9.17) is 20.9 Å². The second-order valence-electron chi connectivity index (χ2n) is 8.84. The zero-order chi connectivity index (χ0) is 25.1. The highest BCUT2D eigenvalue weighted by atomic mass is 35.5. The molecule has 1 atom stereocenters. The van der Waals surface area contributed by atoms with E-state index in [1.807, 2.05) is 26.0 Å². The van der Waals surface area contributed by atoms with E-state index in [2.05, 4.69) is 46.9 Å². The normalized spacial score (nSPS) is 12.4. The largest absolute Gasteiger partial charge is 0.489 e. The quantitative estimate of drug-likeness (QED) is 0.250. The van der Waals surface area contributed by atoms with Crippen LogP contribution in [0.25, 0.3) is 33.7 Å². The Balaban J connectivity index is 1.72. The van der Waals surface area contributed by atoms with Crippen molar-refractivity contribution in [1.29, 1.82) is 0 Å². The maximum Gasteiger partial charge on any atom is 0.303 e. The Morgan fingerprint density at radius 2 is 2.00 bits per heavy atom. The third kappa shape index (κ3) is 5.20. The van der Waals surface area contributed by atoms with E-state index >= 15 is 0 Å². The fourth-order valence-corrected chi connectivity index (χ4v) is 4.68. The zero-order valence-corrected chi connectivity index (χ0v) is 21.2. The summed E-state index contributed by atoms with van der Waals surface area (Å²) in [7, 11) is 0. The topological polar surface area (TPSA) is 90.4 Å². The standard InChI is InChI=1S/C27H30ClN3O4/c1-5-17(8-12-24(32)33)19-9-10-21(20-13-14-31(6-2)25(19)20)26-29-27(35-30-26)18-7-11-23(22(28)15-18)34-16(3)4/h7,9-11,13-17H,5-6,8,12H2,1-4H3,(H,32,33). The van der Waals surface area contributed by atoms with Crippen LogP contribution in [-0.2, 0) is 11.3 Å². The van der Waals surface area contributed by atoms with Crippen LogP contribution in [-0.4, -0.2) is 31.9 Å². The predicted molar refractivity (Wildman–Crippen MR) is 137 cm³/mol. The lowest BCUT2D eigenvalue weighted by molar-refractivity contribution is -0.137. The lowest BCUT2D eigenvalue weighted by atomic mass is 9.89. The molecule has 0 saturated carbocycles. The SMILES string of the molecule is CCC(CCC(=O)O)c1ccc(-c2noc(-c3ccc(OC(C)C)c(Cl)c3)n2)c2ccn(CC)c12. The minimum absolute atomic E-state index is 0.0191. The average molecular weight is 496 g/mol. The minimum atomic E-state index is -0.773. The van der Waals surface area contributed by atoms with Crippen molar-refractivity contribution in [1.82, 2.24) is 14.7 Å². The summed E-state index contributed by atoms with van der Waals surface area (Å²) in [6.07, 6.45) is 3.67. The van der Waals surface area contributed by atoms with Gasteiger partial charge in [-0.25, -0.2) is 0 Å². The van der Waals surface area contributed by atoms with E-state index in [-0.39, 0.29) is 18.4 Å². The Bertz CT molecular complexity index is 1340. The molecule has 0 fully saturated rings. The third-order valence-electron chi connectivity index (χ3n) is 6.15. The fraction of sp³-hybridized carbons (Fsp3) is 0.370. The number of aliphatic carboxylic acids is 1. The molecule has 4 rings (SSSR count). The maximum atomic E-state index is 11.2. The number of carbonyl (C=O) groups is 1. The van der Waals surface area contributed by atoms with Gasteiger partial charge in [0.05, 0.1) is 16.6 Å². The van der Waals surface area contributed by atoms with Gasteiger partial charge in [-0.05, 0) is 69.4 Å². The molecule has 0 spiro atoms. The number of carboxylic acid groups (broad SMARTS) is 1. The van der Waals surface area contributed by atoms with Crippen molar-refractivity contribution < 1.29 is 19.2 Å². The van der Waals surface area contributed by atoms with E-state index in [1.54, 1.807) is 12.1 Å². The van der Waals surface area contributed by atoms with Gasteiger partial charge >= 0.3 is 5.97 Å². The second kappa shape index (κ2) is 10.5. The van der Waals surface area contributed by atoms with Gasteiger partial charge in [-0.15, -0.1) is 0 Å². The van der Waals surface area contributed by atoms with Gasteiger partial charge in [-0.3, -0.25) is 4.79 Å². The lowest BCUT2D eigenvalue weighted by Gasteiger charge is -2.18. The van der Waals surface area contributed by atoms with Crippen molar-refractivity contribution in [3.8, 4) is 28.6 Å². The van der Waals surface area contributed by atoms with Crippen molar-refractivity contribution >= 4 is 28.5 Å². The number of halogens is 1. The Morgan fingerprint density at radius 3 is 2.66 bits per heavy atom. The summed E-state index contributed by atoms with van der Waals surface area (Å²) in [4.78, 5) is 15.8. The molecule has 0 aliphatic heterocycles. The van der Waals surface area contributed by atoms with E-state index in [0.29, 0.717) is 34.5 Å². The van der Waals surface area contributed by atoms with Crippen LogP contribution in [0.1, 0.15) is 58.4 Å². The number of carboxylic acids is 1. The Morgan fingerprint density at radius 1 is 1.20 bits per heavy atom. The molecule has 0 aliphatic carbocycles. The van der Waals surface area contributed by atoms with Crippen LogP contribution in [0.4, 0.5) is 0 Å². The molecule has 0 saturated heterocycles. The molecule has 2 aromatic carbocycles. The Kier molecular flexibility index (Phi) is 7.45. The zero-order valence-electron chi connectivity index (χ0n) is 20.4. The molecule has 1 unspecified atom stereocenters. The number of fused-ring (bicyclic) bond motifs is 1. The average Bonchev–Trinajstić information content (AvgIpc) is 3.48. The number of aromatic nitrogens is 3. The molecule has 35 heavy (non-hydrogen) atoms. The third-order valence-corrected chi connectivity index (χ3v) is 6.44. The van der Waals surface area contributed by atoms with E-state index in [0.717, 1.165) is 35.0 Å². The Labute approximate surface area is 209 Å². The summed E-state index contributed by atoms with van der Waals surface area (Å²) in [6, 6.07) is 11.6. The van der Waals surface area contributed by atoms with Gasteiger partial charge in [0.2, 0.25) is 5.82 Å². The summed E-state index contributed by atoms with van der Waals surface area (Å²) < 4.78 is 13.5. The molecular weight excluding hydrogens is 466 g/mol. The van der Waals surface area contributed by atoms with Gasteiger partial charge < -0.3 is 18.9 Å². The summed E-state index contributed by atoms with van der Waals surface area (Å²) in [5.41, 5.74) is 3.82. The fourth-order valence-electron chi connectivity index (χ4n) is 4.45. The van der Waals surface area contributed by atoms with E-state index in [9.17, 15) is 9.90 Å². The molecule has 184 valence electrons. The number of hydrogen-bond donors (Lipinski definition) is 1. The molecule has 8 heteroatoms. The summed E-state index contributed by atoms with van der Waals surface area (Å²) in [6.45, 7) is 8.88. The van der Waals surface area contributed by atoms with Crippen LogP contribution in [0.5, 0.6) is 5.75 Å². The molecule has 0 bridgehead atoms. The maximum absolute atomic E-state index is 11.2. The summed E-state index contributed by atoms with van der Waals surface area (Å²) in [5, 5.41) is 14.9. The van der Waals surface area contributed by atoms with Crippen molar-refractivity contribution in [3.05, 3.63) is 53.2 Å². The summed E-state index contributed by atoms with van der Waals surface area (Å²) >= 11 is 6.40. The molecule has 2 aromatic heterocycles. The number of nitrogens with zero attached hydrogens (tertiary/aromatic N) is 3. The Hall–Kier alpha value is -3.32. The first kappa shape index (κ1) is 24.8. The van der Waals surface area contributed by atoms with E-state index in [1.165, 1.54) is 0 Å². The lowest BCUT2D eigenvalue weighted by Crippen LogP contribution is -2.05. The van der Waals surface area contributed by atoms with Crippen LogP contribution in [0.15, 0.2) is 47.1 Å². The molecule has 1 N–H and O–H groups in total. The van der Waals surface area contributed by atoms with Crippen LogP contribution in [0.2, 0.25) is 5.02 Å². The van der Waals surface area contributed by atoms with Gasteiger partial charge in [-0.1, -0.05) is 35.8 Å². The van der Waals surface area contributed by atoms with Crippen LogP contribution in [0.3, 0.4) is 0 Å². The van der Waals surface area contributed by atoms with Crippen molar-refractivity contribution in [3.63, 3.8) is 0 Å². The monoisotopic (exact) mass is 495 g/mol. The van der Waals surface area contributed by atoms with Crippen molar-refractivity contribution in [2.45, 2.75) is 65.5 Å². The molecule has 7 nitrogen and oxygen atoms in total. The predicted octanol–water partition coefficient (Wildman–Crippen LogP) is 7.18. The second-order valence-corrected chi connectivity index (χ2v) is 9.25. The molecule has 4 aromatic rings. The number of benzene rings is 2. The van der Waals surface area contributed by atoms with Crippen LogP contribution in [0, 0.1) is 0 Å². The summed E-state index contributed by atoms with van der Waals surface area (Å²) in [5.74, 6) is 0.847. The number of hydrogen-bond acceptors (Lipinski definition) is 5. The van der Waals surface area contributed by atoms with E-state index < -0.39 is 5.97 Å². The smallest absolute Gasteiger partial charge is 0.303 e. The highest BCUT2D eigenvalue weighted by Gasteiger charge is 2.21. The highest BCUT2D eigenvalue weighted by molar-refractivity contribution is 6.32. The van der Waals surface area contributed by atoms with Crippen LogP contribution >= 0.6 is 11.6 Å². The van der Waals surface area contributed by atoms with Gasteiger partial charge in [0.25, 0.3) is 5.89 Å². The van der Waals surface area contributed by atoms with Crippen molar-refractivity contribution in [2.24, 2.45) is 0 Å². The molecular formula is C27H30ClN3O4. The number of aryl methyl sites for hydroxylation is 1.